The Morgan fingerprint density at radius 2 is 2.07 bits per heavy atom. The number of fused-ring (bicyclic) bond motifs is 1. The number of aromatic nitrogens is 2. The Morgan fingerprint density at radius 1 is 1.24 bits per heavy atom. The maximum absolute atomic E-state index is 12.5. The number of rotatable bonds is 5. The lowest BCUT2D eigenvalue weighted by atomic mass is 10.1. The van der Waals surface area contributed by atoms with Gasteiger partial charge in [0.15, 0.2) is 0 Å². The lowest BCUT2D eigenvalue weighted by Gasteiger charge is -2.28. The van der Waals surface area contributed by atoms with E-state index in [-0.39, 0.29) is 18.7 Å². The van der Waals surface area contributed by atoms with E-state index in [1.54, 1.807) is 4.90 Å². The third kappa shape index (κ3) is 4.59. The van der Waals surface area contributed by atoms with Crippen LogP contribution in [0.1, 0.15) is 29.7 Å². The van der Waals surface area contributed by atoms with Crippen molar-refractivity contribution in [2.45, 2.75) is 38.5 Å². The van der Waals surface area contributed by atoms with Crippen LogP contribution in [-0.4, -0.2) is 58.6 Å². The highest BCUT2D eigenvalue weighted by molar-refractivity contribution is 5.68. The highest BCUT2D eigenvalue weighted by atomic mass is 16.6. The van der Waals surface area contributed by atoms with Gasteiger partial charge in [-0.15, -0.1) is 0 Å². The van der Waals surface area contributed by atoms with Crippen LogP contribution in [0.4, 0.5) is 10.6 Å². The quantitative estimate of drug-likeness (QED) is 0.827. The first-order valence-corrected chi connectivity index (χ1v) is 10.0. The van der Waals surface area contributed by atoms with Gasteiger partial charge in [-0.05, 0) is 38.4 Å². The maximum atomic E-state index is 12.5. The van der Waals surface area contributed by atoms with E-state index in [4.69, 9.17) is 15.2 Å². The maximum Gasteiger partial charge on any atom is 0.410 e. The summed E-state index contributed by atoms with van der Waals surface area (Å²) in [5, 5.41) is 0. The van der Waals surface area contributed by atoms with Gasteiger partial charge in [0.05, 0.1) is 12.2 Å². The molecule has 2 aromatic rings. The summed E-state index contributed by atoms with van der Waals surface area (Å²) in [5.74, 6) is 0.432. The molecule has 1 aromatic heterocycles. The van der Waals surface area contributed by atoms with Crippen molar-refractivity contribution in [2.24, 2.45) is 0 Å². The zero-order chi connectivity index (χ0) is 20.2. The molecule has 1 saturated heterocycles. The third-order valence-electron chi connectivity index (χ3n) is 5.62. The van der Waals surface area contributed by atoms with Crippen LogP contribution >= 0.6 is 0 Å². The molecule has 2 aliphatic heterocycles. The fraction of sp³-hybridized carbons (Fsp3) is 0.476. The van der Waals surface area contributed by atoms with Crippen molar-refractivity contribution in [2.75, 3.05) is 32.5 Å². The van der Waals surface area contributed by atoms with Gasteiger partial charge in [0.25, 0.3) is 0 Å². The van der Waals surface area contributed by atoms with Gasteiger partial charge in [0.1, 0.15) is 19.0 Å². The Labute approximate surface area is 170 Å². The van der Waals surface area contributed by atoms with E-state index in [1.807, 2.05) is 30.3 Å². The zero-order valence-corrected chi connectivity index (χ0v) is 16.7. The van der Waals surface area contributed by atoms with Gasteiger partial charge in [0.2, 0.25) is 0 Å². The Balaban J connectivity index is 1.38. The molecule has 0 unspecified atom stereocenters. The van der Waals surface area contributed by atoms with Crippen LogP contribution in [0.3, 0.4) is 0 Å². The first-order valence-electron chi connectivity index (χ1n) is 10.0. The summed E-state index contributed by atoms with van der Waals surface area (Å²) in [4.78, 5) is 25.2. The van der Waals surface area contributed by atoms with Gasteiger partial charge >= 0.3 is 12.1 Å². The molecule has 0 saturated carbocycles. The van der Waals surface area contributed by atoms with E-state index in [2.05, 4.69) is 21.9 Å². The van der Waals surface area contributed by atoms with Crippen molar-refractivity contribution in [3.05, 3.63) is 47.2 Å². The number of likely N-dealkylation sites (tertiary alicyclic amines) is 1. The molecule has 4 rings (SSSR count). The molecule has 2 N–H and O–H groups in total. The molecular weight excluding hydrogens is 370 g/mol. The van der Waals surface area contributed by atoms with Gasteiger partial charge in [-0.3, -0.25) is 0 Å². The summed E-state index contributed by atoms with van der Waals surface area (Å²) in [6.07, 6.45) is 2.54. The number of benzene rings is 1. The number of anilines is 1. The number of nitrogens with zero attached hydrogens (tertiary/aromatic N) is 4. The van der Waals surface area contributed by atoms with Crippen molar-refractivity contribution in [1.29, 1.82) is 0 Å². The molecule has 0 bridgehead atoms. The number of carbonyl (C=O) groups is 1. The summed E-state index contributed by atoms with van der Waals surface area (Å²) in [6, 6.07) is 10.3. The smallest absolute Gasteiger partial charge is 0.410 e. The van der Waals surface area contributed by atoms with E-state index in [1.165, 1.54) is 6.42 Å². The molecule has 3 heterocycles. The molecule has 1 fully saturated rings. The molecule has 2 aliphatic rings. The molecule has 0 spiro atoms. The normalized spacial score (nSPS) is 19.1. The molecule has 8 nitrogen and oxygen atoms in total. The summed E-state index contributed by atoms with van der Waals surface area (Å²) < 4.78 is 11.3. The molecule has 0 radical (unpaired) electrons. The number of ether oxygens (including phenoxy) is 2. The average molecular weight is 397 g/mol. The number of hydrogen-bond acceptors (Lipinski definition) is 7. The topological polar surface area (TPSA) is 93.8 Å². The molecular formula is C21H27N5O3. The highest BCUT2D eigenvalue weighted by Crippen LogP contribution is 2.25. The predicted molar refractivity (Wildman–Crippen MR) is 108 cm³/mol. The van der Waals surface area contributed by atoms with Gasteiger partial charge in [-0.2, -0.15) is 9.97 Å². The van der Waals surface area contributed by atoms with Crippen molar-refractivity contribution in [3.8, 4) is 6.01 Å². The molecule has 1 atom stereocenters. The highest BCUT2D eigenvalue weighted by Gasteiger charge is 2.27. The van der Waals surface area contributed by atoms with E-state index in [9.17, 15) is 4.79 Å². The zero-order valence-electron chi connectivity index (χ0n) is 16.7. The van der Waals surface area contributed by atoms with Crippen LogP contribution in [0.2, 0.25) is 0 Å². The third-order valence-corrected chi connectivity index (χ3v) is 5.62. The summed E-state index contributed by atoms with van der Waals surface area (Å²) in [6.45, 7) is 2.74. The monoisotopic (exact) mass is 397 g/mol. The predicted octanol–water partition coefficient (Wildman–Crippen LogP) is 2.23. The standard InChI is InChI=1S/C21H27N5O3/c1-25-10-5-8-16(25)14-28-20-23-18-12-26(11-9-17(18)19(22)24-20)21(27)29-13-15-6-3-2-4-7-15/h2-4,6-7,16H,5,8-14H2,1H3,(H2,22,23,24)/t16-/m0/s1. The number of hydrogen-bond donors (Lipinski definition) is 1. The summed E-state index contributed by atoms with van der Waals surface area (Å²) in [7, 11) is 2.10. The molecule has 8 heteroatoms. The Hall–Kier alpha value is -2.87. The average Bonchev–Trinajstić information content (AvgIpc) is 3.15. The Morgan fingerprint density at radius 3 is 2.83 bits per heavy atom. The Kier molecular flexibility index (Phi) is 5.80. The van der Waals surface area contributed by atoms with Gasteiger partial charge in [0, 0.05) is 18.2 Å². The van der Waals surface area contributed by atoms with Crippen molar-refractivity contribution >= 4 is 11.9 Å². The van der Waals surface area contributed by atoms with Crippen LogP contribution in [0.15, 0.2) is 30.3 Å². The van der Waals surface area contributed by atoms with Crippen molar-refractivity contribution < 1.29 is 14.3 Å². The van der Waals surface area contributed by atoms with Gasteiger partial charge in [-0.25, -0.2) is 4.79 Å². The van der Waals surface area contributed by atoms with Crippen LogP contribution in [0, 0.1) is 0 Å². The van der Waals surface area contributed by atoms with Crippen molar-refractivity contribution in [3.63, 3.8) is 0 Å². The lowest BCUT2D eigenvalue weighted by molar-refractivity contribution is 0.0910. The van der Waals surface area contributed by atoms with Crippen molar-refractivity contribution in [1.82, 2.24) is 19.8 Å². The van der Waals surface area contributed by atoms with Gasteiger partial charge in [-0.1, -0.05) is 30.3 Å². The number of carbonyl (C=O) groups excluding carboxylic acids is 1. The summed E-state index contributed by atoms with van der Waals surface area (Å²) in [5.41, 5.74) is 8.71. The van der Waals surface area contributed by atoms with Gasteiger partial charge < -0.3 is 25.0 Å². The van der Waals surface area contributed by atoms with E-state index >= 15 is 0 Å². The first kappa shape index (κ1) is 19.4. The minimum atomic E-state index is -0.355. The van der Waals surface area contributed by atoms with E-state index in [0.717, 1.165) is 29.8 Å². The minimum Gasteiger partial charge on any atom is -0.462 e. The summed E-state index contributed by atoms with van der Waals surface area (Å²) >= 11 is 0. The second kappa shape index (κ2) is 8.65. The number of nitrogen functional groups attached to an aromatic ring is 1. The largest absolute Gasteiger partial charge is 0.462 e. The fourth-order valence-electron chi connectivity index (χ4n) is 3.83. The first-order chi connectivity index (χ1) is 14.1. The fourth-order valence-corrected chi connectivity index (χ4v) is 3.83. The minimum absolute atomic E-state index is 0.248. The van der Waals surface area contributed by atoms with Crippen LogP contribution in [0.25, 0.3) is 0 Å². The molecule has 1 aromatic carbocycles. The molecule has 0 aliphatic carbocycles. The van der Waals surface area contributed by atoms with Crippen LogP contribution in [0.5, 0.6) is 6.01 Å². The van der Waals surface area contributed by atoms with Crippen LogP contribution < -0.4 is 10.5 Å². The molecule has 1 amide bonds. The van der Waals surface area contributed by atoms with Crippen LogP contribution in [-0.2, 0) is 24.3 Å². The lowest BCUT2D eigenvalue weighted by Crippen LogP contribution is -2.37. The SMILES string of the molecule is CN1CCC[C@H]1COc1nc(N)c2c(n1)CN(C(=O)OCc1ccccc1)CC2. The number of amides is 1. The number of likely N-dealkylation sites (N-methyl/N-ethyl adjacent to an activating group) is 1. The van der Waals surface area contributed by atoms with E-state index in [0.29, 0.717) is 38.0 Å². The second-order valence-electron chi connectivity index (χ2n) is 7.62. The molecule has 154 valence electrons. The van der Waals surface area contributed by atoms with E-state index < -0.39 is 0 Å². The molecule has 29 heavy (non-hydrogen) atoms. The number of nitrogens with two attached hydrogens (primary N) is 1. The second-order valence-corrected chi connectivity index (χ2v) is 7.62. The Bertz CT molecular complexity index is 861.